The Balaban J connectivity index is 1.46. The summed E-state index contributed by atoms with van der Waals surface area (Å²) in [5.74, 6) is 0.745. The van der Waals surface area contributed by atoms with Crippen LogP contribution in [0.15, 0.2) is 30.3 Å². The van der Waals surface area contributed by atoms with Gasteiger partial charge in [-0.15, -0.1) is 0 Å². The largest absolute Gasteiger partial charge is 0.376 e. The highest BCUT2D eigenvalue weighted by atomic mass is 16.5. The molecule has 0 radical (unpaired) electrons. The molecular formula is C21H26N4O2. The van der Waals surface area contributed by atoms with Crippen LogP contribution in [0, 0.1) is 6.92 Å². The minimum absolute atomic E-state index is 0.0614. The van der Waals surface area contributed by atoms with Crippen LogP contribution in [-0.4, -0.2) is 48.2 Å². The van der Waals surface area contributed by atoms with Gasteiger partial charge in [0.2, 0.25) is 5.95 Å². The molecule has 2 saturated heterocycles. The van der Waals surface area contributed by atoms with Gasteiger partial charge in [-0.05, 0) is 50.8 Å². The lowest BCUT2D eigenvalue weighted by Crippen LogP contribution is -2.31. The second kappa shape index (κ2) is 8.05. The Morgan fingerprint density at radius 3 is 2.67 bits per heavy atom. The molecule has 1 amide bonds. The minimum atomic E-state index is -0.0614. The van der Waals surface area contributed by atoms with Crippen molar-refractivity contribution in [3.05, 3.63) is 41.6 Å². The SMILES string of the molecule is Cc1cc(-c2ccc(C(=O)NC[C@H]3CCCO3)cc2)nc(N2CCCC2)n1. The molecule has 0 aliphatic carbocycles. The second-order valence-corrected chi connectivity index (χ2v) is 7.31. The highest BCUT2D eigenvalue weighted by Crippen LogP contribution is 2.23. The Morgan fingerprint density at radius 1 is 1.19 bits per heavy atom. The maximum Gasteiger partial charge on any atom is 0.251 e. The topological polar surface area (TPSA) is 67.3 Å². The van der Waals surface area contributed by atoms with Crippen LogP contribution in [0.4, 0.5) is 5.95 Å². The van der Waals surface area contributed by atoms with Gasteiger partial charge in [0.25, 0.3) is 5.91 Å². The van der Waals surface area contributed by atoms with E-state index in [1.165, 1.54) is 12.8 Å². The van der Waals surface area contributed by atoms with Gasteiger partial charge in [0, 0.05) is 43.1 Å². The van der Waals surface area contributed by atoms with Gasteiger partial charge >= 0.3 is 0 Å². The lowest BCUT2D eigenvalue weighted by molar-refractivity contribution is 0.0858. The third kappa shape index (κ3) is 4.27. The van der Waals surface area contributed by atoms with Gasteiger partial charge in [-0.2, -0.15) is 0 Å². The van der Waals surface area contributed by atoms with Gasteiger partial charge in [0.05, 0.1) is 11.8 Å². The predicted octanol–water partition coefficient (Wildman–Crippen LogP) is 2.96. The molecule has 1 atom stereocenters. The molecule has 6 nitrogen and oxygen atoms in total. The molecule has 2 aliphatic heterocycles. The number of benzene rings is 1. The molecule has 4 rings (SSSR count). The number of nitrogens with one attached hydrogen (secondary N) is 1. The molecule has 1 N–H and O–H groups in total. The molecule has 0 spiro atoms. The molecule has 1 aromatic carbocycles. The zero-order chi connectivity index (χ0) is 18.6. The minimum Gasteiger partial charge on any atom is -0.376 e. The van der Waals surface area contributed by atoms with Gasteiger partial charge in [-0.25, -0.2) is 9.97 Å². The zero-order valence-corrected chi connectivity index (χ0v) is 15.8. The molecule has 2 fully saturated rings. The average molecular weight is 366 g/mol. The number of nitrogens with zero attached hydrogens (tertiary/aromatic N) is 3. The van der Waals surface area contributed by atoms with Crippen molar-refractivity contribution in [2.45, 2.75) is 38.7 Å². The van der Waals surface area contributed by atoms with Crippen LogP contribution in [-0.2, 0) is 4.74 Å². The molecule has 2 aliphatic rings. The lowest BCUT2D eigenvalue weighted by atomic mass is 10.1. The number of carbonyl (C=O) groups excluding carboxylic acids is 1. The predicted molar refractivity (Wildman–Crippen MR) is 105 cm³/mol. The molecule has 3 heterocycles. The monoisotopic (exact) mass is 366 g/mol. The quantitative estimate of drug-likeness (QED) is 0.881. The number of hydrogen-bond donors (Lipinski definition) is 1. The van der Waals surface area contributed by atoms with E-state index >= 15 is 0 Å². The van der Waals surface area contributed by atoms with E-state index < -0.39 is 0 Å². The summed E-state index contributed by atoms with van der Waals surface area (Å²) in [5, 5.41) is 2.96. The van der Waals surface area contributed by atoms with Crippen LogP contribution in [0.1, 0.15) is 41.7 Å². The van der Waals surface area contributed by atoms with Gasteiger partial charge in [-0.1, -0.05) is 12.1 Å². The maximum atomic E-state index is 12.3. The van der Waals surface area contributed by atoms with Crippen LogP contribution in [0.3, 0.4) is 0 Å². The number of hydrogen-bond acceptors (Lipinski definition) is 5. The van der Waals surface area contributed by atoms with Crippen LogP contribution in [0.2, 0.25) is 0 Å². The number of aryl methyl sites for hydroxylation is 1. The molecule has 2 aromatic rings. The second-order valence-electron chi connectivity index (χ2n) is 7.31. The van der Waals surface area contributed by atoms with Gasteiger partial charge in [-0.3, -0.25) is 4.79 Å². The highest BCUT2D eigenvalue weighted by molar-refractivity contribution is 5.94. The van der Waals surface area contributed by atoms with Gasteiger partial charge in [0.15, 0.2) is 0 Å². The van der Waals surface area contributed by atoms with E-state index in [4.69, 9.17) is 9.72 Å². The number of anilines is 1. The smallest absolute Gasteiger partial charge is 0.251 e. The van der Waals surface area contributed by atoms with E-state index in [1.807, 2.05) is 37.3 Å². The van der Waals surface area contributed by atoms with E-state index in [0.717, 1.165) is 55.4 Å². The Labute approximate surface area is 160 Å². The summed E-state index contributed by atoms with van der Waals surface area (Å²) >= 11 is 0. The van der Waals surface area contributed by atoms with Crippen molar-refractivity contribution in [1.82, 2.24) is 15.3 Å². The summed E-state index contributed by atoms with van der Waals surface area (Å²) in [6.45, 7) is 5.41. The molecular weight excluding hydrogens is 340 g/mol. The summed E-state index contributed by atoms with van der Waals surface area (Å²) < 4.78 is 5.55. The third-order valence-electron chi connectivity index (χ3n) is 5.19. The average Bonchev–Trinajstić information content (AvgIpc) is 3.39. The highest BCUT2D eigenvalue weighted by Gasteiger charge is 2.18. The Kier molecular flexibility index (Phi) is 5.34. The molecule has 1 aromatic heterocycles. The number of amides is 1. The van der Waals surface area contributed by atoms with E-state index in [1.54, 1.807) is 0 Å². The van der Waals surface area contributed by atoms with Crippen molar-refractivity contribution in [2.75, 3.05) is 31.1 Å². The van der Waals surface area contributed by atoms with Crippen LogP contribution in [0.5, 0.6) is 0 Å². The zero-order valence-electron chi connectivity index (χ0n) is 15.8. The summed E-state index contributed by atoms with van der Waals surface area (Å²) in [5.41, 5.74) is 3.51. The Morgan fingerprint density at radius 2 is 1.96 bits per heavy atom. The van der Waals surface area contributed by atoms with Crippen molar-refractivity contribution in [1.29, 1.82) is 0 Å². The molecule has 0 saturated carbocycles. The van der Waals surface area contributed by atoms with Crippen molar-refractivity contribution in [3.63, 3.8) is 0 Å². The van der Waals surface area contributed by atoms with E-state index in [0.29, 0.717) is 12.1 Å². The van der Waals surface area contributed by atoms with Crippen molar-refractivity contribution in [3.8, 4) is 11.3 Å². The fourth-order valence-corrected chi connectivity index (χ4v) is 3.67. The number of ether oxygens (including phenoxy) is 1. The summed E-state index contributed by atoms with van der Waals surface area (Å²) in [7, 11) is 0. The first kappa shape index (κ1) is 17.9. The molecule has 27 heavy (non-hydrogen) atoms. The van der Waals surface area contributed by atoms with E-state index in [2.05, 4.69) is 15.2 Å². The third-order valence-corrected chi connectivity index (χ3v) is 5.19. The number of rotatable bonds is 5. The summed E-state index contributed by atoms with van der Waals surface area (Å²) in [6.07, 6.45) is 4.64. The van der Waals surface area contributed by atoms with Gasteiger partial charge < -0.3 is 15.0 Å². The van der Waals surface area contributed by atoms with Crippen molar-refractivity contribution >= 4 is 11.9 Å². The molecule has 0 unspecified atom stereocenters. The first-order chi connectivity index (χ1) is 13.2. The summed E-state index contributed by atoms with van der Waals surface area (Å²) in [6, 6.07) is 9.61. The normalized spacial score (nSPS) is 19.4. The Bertz CT molecular complexity index is 794. The number of aromatic nitrogens is 2. The van der Waals surface area contributed by atoms with E-state index in [-0.39, 0.29) is 12.0 Å². The molecule has 6 heteroatoms. The van der Waals surface area contributed by atoms with Crippen molar-refractivity contribution < 1.29 is 9.53 Å². The fraction of sp³-hybridized carbons (Fsp3) is 0.476. The first-order valence-electron chi connectivity index (χ1n) is 9.80. The van der Waals surface area contributed by atoms with Crippen LogP contribution >= 0.6 is 0 Å². The standard InChI is InChI=1S/C21H26N4O2/c1-15-13-19(24-21(23-15)25-10-2-3-11-25)16-6-8-17(9-7-16)20(26)22-14-18-5-4-12-27-18/h6-9,13,18H,2-5,10-12,14H2,1H3,(H,22,26)/t18-/m1/s1. The van der Waals surface area contributed by atoms with Crippen molar-refractivity contribution in [2.24, 2.45) is 0 Å². The van der Waals surface area contributed by atoms with Gasteiger partial charge in [0.1, 0.15) is 0 Å². The fourth-order valence-electron chi connectivity index (χ4n) is 3.67. The lowest BCUT2D eigenvalue weighted by Gasteiger charge is -2.16. The molecule has 0 bridgehead atoms. The molecule has 142 valence electrons. The Hall–Kier alpha value is -2.47. The van der Waals surface area contributed by atoms with Crippen LogP contribution < -0.4 is 10.2 Å². The van der Waals surface area contributed by atoms with E-state index in [9.17, 15) is 4.79 Å². The van der Waals surface area contributed by atoms with Crippen LogP contribution in [0.25, 0.3) is 11.3 Å². The summed E-state index contributed by atoms with van der Waals surface area (Å²) in [4.78, 5) is 23.9. The maximum absolute atomic E-state index is 12.3. The number of carbonyl (C=O) groups is 1. The first-order valence-corrected chi connectivity index (χ1v) is 9.80.